The predicted octanol–water partition coefficient (Wildman–Crippen LogP) is 4.00. The van der Waals surface area contributed by atoms with E-state index in [1.807, 2.05) is 31.2 Å². The van der Waals surface area contributed by atoms with Crippen molar-refractivity contribution in [2.24, 2.45) is 0 Å². The molecule has 28 heavy (non-hydrogen) atoms. The van der Waals surface area contributed by atoms with E-state index in [2.05, 4.69) is 21.2 Å². The van der Waals surface area contributed by atoms with E-state index in [9.17, 15) is 4.79 Å². The Morgan fingerprint density at radius 3 is 2.54 bits per heavy atom. The normalized spacial score (nSPS) is 15.9. The second-order valence-electron chi connectivity index (χ2n) is 6.89. The first-order valence-electron chi connectivity index (χ1n) is 9.32. The fourth-order valence-electron chi connectivity index (χ4n) is 3.46. The van der Waals surface area contributed by atoms with Gasteiger partial charge >= 0.3 is 0 Å². The first kappa shape index (κ1) is 20.8. The van der Waals surface area contributed by atoms with Gasteiger partial charge in [0.05, 0.1) is 25.4 Å². The van der Waals surface area contributed by atoms with Crippen molar-refractivity contribution in [2.45, 2.75) is 13.0 Å². The lowest BCUT2D eigenvalue weighted by atomic mass is 10.1. The third kappa shape index (κ3) is 5.10. The molecule has 1 amide bonds. The highest BCUT2D eigenvalue weighted by Crippen LogP contribution is 2.28. The van der Waals surface area contributed by atoms with Crippen molar-refractivity contribution >= 4 is 34.8 Å². The number of ether oxygens (including phenoxy) is 1. The Labute approximate surface area is 176 Å². The molecule has 0 spiro atoms. The topological polar surface area (TPSA) is 44.8 Å². The second-order valence-corrected chi connectivity index (χ2v) is 7.73. The molecule has 7 heteroatoms. The molecule has 0 saturated carbocycles. The number of nitrogens with zero attached hydrogens (tertiary/aromatic N) is 2. The van der Waals surface area contributed by atoms with Crippen LogP contribution in [0, 0.1) is 0 Å². The molecule has 3 rings (SSSR count). The molecule has 1 unspecified atom stereocenters. The first-order chi connectivity index (χ1) is 13.5. The number of piperazine rings is 1. The third-order valence-corrected chi connectivity index (χ3v) is 5.53. The predicted molar refractivity (Wildman–Crippen MR) is 115 cm³/mol. The molecule has 0 radical (unpaired) electrons. The zero-order valence-corrected chi connectivity index (χ0v) is 17.6. The summed E-state index contributed by atoms with van der Waals surface area (Å²) < 4.78 is 5.45. The Hall–Kier alpha value is -1.95. The van der Waals surface area contributed by atoms with Crippen LogP contribution in [-0.4, -0.2) is 50.6 Å². The van der Waals surface area contributed by atoms with Crippen LogP contribution in [0.2, 0.25) is 10.0 Å². The van der Waals surface area contributed by atoms with Crippen molar-refractivity contribution in [1.82, 2.24) is 10.2 Å². The number of nitrogens with one attached hydrogen (secondary N) is 1. The number of carbonyl (C=O) groups is 1. The molecule has 1 heterocycles. The van der Waals surface area contributed by atoms with Crippen LogP contribution in [0.3, 0.4) is 0 Å². The highest BCUT2D eigenvalue weighted by Gasteiger charge is 2.22. The molecule has 1 fully saturated rings. The van der Waals surface area contributed by atoms with Crippen LogP contribution in [0.4, 0.5) is 5.69 Å². The molecule has 1 N–H and O–H groups in total. The monoisotopic (exact) mass is 421 g/mol. The van der Waals surface area contributed by atoms with Gasteiger partial charge in [-0.1, -0.05) is 41.4 Å². The third-order valence-electron chi connectivity index (χ3n) is 4.97. The number of para-hydroxylation sites is 2. The van der Waals surface area contributed by atoms with E-state index in [4.69, 9.17) is 27.9 Å². The number of rotatable bonds is 6. The number of methoxy groups -OCH3 is 1. The SMILES string of the molecule is COc1ccccc1N1CCN(CC(=O)NC(C)c2ccc(Cl)cc2Cl)CC1. The van der Waals surface area contributed by atoms with Crippen LogP contribution in [0.25, 0.3) is 0 Å². The van der Waals surface area contributed by atoms with E-state index in [0.717, 1.165) is 43.2 Å². The summed E-state index contributed by atoms with van der Waals surface area (Å²) in [6.45, 7) is 5.64. The Balaban J connectivity index is 1.51. The van der Waals surface area contributed by atoms with Crippen molar-refractivity contribution in [3.8, 4) is 5.75 Å². The molecular formula is C21H25Cl2N3O2. The lowest BCUT2D eigenvalue weighted by Crippen LogP contribution is -2.49. The molecular weight excluding hydrogens is 397 g/mol. The van der Waals surface area contributed by atoms with Gasteiger partial charge in [-0.05, 0) is 36.8 Å². The molecule has 0 bridgehead atoms. The van der Waals surface area contributed by atoms with Gasteiger partial charge in [-0.3, -0.25) is 9.69 Å². The average molecular weight is 422 g/mol. The van der Waals surface area contributed by atoms with E-state index in [-0.39, 0.29) is 11.9 Å². The summed E-state index contributed by atoms with van der Waals surface area (Å²) in [5.74, 6) is 0.867. The summed E-state index contributed by atoms with van der Waals surface area (Å²) in [7, 11) is 1.69. The maximum Gasteiger partial charge on any atom is 0.234 e. The van der Waals surface area contributed by atoms with Crippen molar-refractivity contribution < 1.29 is 9.53 Å². The summed E-state index contributed by atoms with van der Waals surface area (Å²) in [4.78, 5) is 16.9. The van der Waals surface area contributed by atoms with Gasteiger partial charge in [0.15, 0.2) is 0 Å². The number of hydrogen-bond acceptors (Lipinski definition) is 4. The molecule has 1 aliphatic rings. The fraction of sp³-hybridized carbons (Fsp3) is 0.381. The van der Waals surface area contributed by atoms with Crippen molar-refractivity contribution in [2.75, 3.05) is 44.7 Å². The van der Waals surface area contributed by atoms with Gasteiger partial charge in [0.2, 0.25) is 5.91 Å². The van der Waals surface area contributed by atoms with Crippen LogP contribution in [0.5, 0.6) is 5.75 Å². The van der Waals surface area contributed by atoms with Gasteiger partial charge in [-0.2, -0.15) is 0 Å². The second kappa shape index (κ2) is 9.50. The van der Waals surface area contributed by atoms with Crippen LogP contribution in [0.1, 0.15) is 18.5 Å². The maximum atomic E-state index is 12.5. The zero-order chi connectivity index (χ0) is 20.1. The molecule has 2 aromatic carbocycles. The summed E-state index contributed by atoms with van der Waals surface area (Å²) >= 11 is 12.2. The average Bonchev–Trinajstić information content (AvgIpc) is 2.68. The summed E-state index contributed by atoms with van der Waals surface area (Å²) in [6, 6.07) is 13.2. The summed E-state index contributed by atoms with van der Waals surface area (Å²) in [5.41, 5.74) is 1.96. The van der Waals surface area contributed by atoms with Crippen molar-refractivity contribution in [3.05, 3.63) is 58.1 Å². The Morgan fingerprint density at radius 1 is 1.14 bits per heavy atom. The van der Waals surface area contributed by atoms with E-state index in [1.165, 1.54) is 0 Å². The Morgan fingerprint density at radius 2 is 1.86 bits per heavy atom. The molecule has 150 valence electrons. The first-order valence-corrected chi connectivity index (χ1v) is 10.1. The standard InChI is InChI=1S/C21H25Cl2N3O2/c1-15(17-8-7-16(22)13-18(17)23)24-21(27)14-25-9-11-26(12-10-25)19-5-3-4-6-20(19)28-2/h3-8,13,15H,9-12,14H2,1-2H3,(H,24,27). The van der Waals surface area contributed by atoms with Crippen molar-refractivity contribution in [3.63, 3.8) is 0 Å². The number of anilines is 1. The van der Waals surface area contributed by atoms with Crippen LogP contribution in [0.15, 0.2) is 42.5 Å². The van der Waals surface area contributed by atoms with Crippen LogP contribution >= 0.6 is 23.2 Å². The fourth-order valence-corrected chi connectivity index (χ4v) is 4.03. The molecule has 1 saturated heterocycles. The lowest BCUT2D eigenvalue weighted by Gasteiger charge is -2.36. The quantitative estimate of drug-likeness (QED) is 0.765. The largest absolute Gasteiger partial charge is 0.495 e. The van der Waals surface area contributed by atoms with Gasteiger partial charge in [-0.15, -0.1) is 0 Å². The Kier molecular flexibility index (Phi) is 7.05. The smallest absolute Gasteiger partial charge is 0.234 e. The van der Waals surface area contributed by atoms with Gasteiger partial charge in [0.25, 0.3) is 0 Å². The van der Waals surface area contributed by atoms with Crippen molar-refractivity contribution in [1.29, 1.82) is 0 Å². The maximum absolute atomic E-state index is 12.5. The van der Waals surface area contributed by atoms with Gasteiger partial charge < -0.3 is 15.0 Å². The van der Waals surface area contributed by atoms with Gasteiger partial charge in [-0.25, -0.2) is 0 Å². The lowest BCUT2D eigenvalue weighted by molar-refractivity contribution is -0.123. The summed E-state index contributed by atoms with van der Waals surface area (Å²) in [6.07, 6.45) is 0. The number of amides is 1. The molecule has 0 aliphatic carbocycles. The molecule has 0 aromatic heterocycles. The van der Waals surface area contributed by atoms with Crippen LogP contribution < -0.4 is 15.0 Å². The van der Waals surface area contributed by atoms with Crippen LogP contribution in [-0.2, 0) is 4.79 Å². The van der Waals surface area contributed by atoms with E-state index in [0.29, 0.717) is 16.6 Å². The highest BCUT2D eigenvalue weighted by molar-refractivity contribution is 6.35. The number of halogens is 2. The minimum absolute atomic E-state index is 0.00995. The van der Waals surface area contributed by atoms with Gasteiger partial charge in [0.1, 0.15) is 5.75 Å². The molecule has 1 atom stereocenters. The molecule has 5 nitrogen and oxygen atoms in total. The molecule has 2 aromatic rings. The number of hydrogen-bond donors (Lipinski definition) is 1. The minimum Gasteiger partial charge on any atom is -0.495 e. The van der Waals surface area contributed by atoms with E-state index >= 15 is 0 Å². The highest BCUT2D eigenvalue weighted by atomic mass is 35.5. The van der Waals surface area contributed by atoms with E-state index in [1.54, 1.807) is 19.2 Å². The Bertz CT molecular complexity index is 823. The van der Waals surface area contributed by atoms with E-state index < -0.39 is 0 Å². The minimum atomic E-state index is -0.174. The zero-order valence-electron chi connectivity index (χ0n) is 16.1. The number of carbonyl (C=O) groups excluding carboxylic acids is 1. The molecule has 1 aliphatic heterocycles. The van der Waals surface area contributed by atoms with Gasteiger partial charge in [0, 0.05) is 36.2 Å². The summed E-state index contributed by atoms with van der Waals surface area (Å²) in [5, 5.41) is 4.17. The number of benzene rings is 2.